The molecule has 0 aliphatic carbocycles. The fourth-order valence-electron chi connectivity index (χ4n) is 1.77. The molecule has 0 radical (unpaired) electrons. The first-order valence-electron chi connectivity index (χ1n) is 6.65. The molecule has 0 bridgehead atoms. The molecule has 0 aliphatic heterocycles. The number of carbonyl (C=O) groups excluding carboxylic acids is 2. The van der Waals surface area contributed by atoms with Crippen LogP contribution < -0.4 is 5.32 Å². The summed E-state index contributed by atoms with van der Waals surface area (Å²) in [5.74, 6) is -1.50. The predicted molar refractivity (Wildman–Crippen MR) is 81.8 cm³/mol. The zero-order valence-electron chi connectivity index (χ0n) is 12.1. The van der Waals surface area contributed by atoms with E-state index in [-0.39, 0.29) is 11.3 Å². The highest BCUT2D eigenvalue weighted by Crippen LogP contribution is 2.30. The van der Waals surface area contributed by atoms with Gasteiger partial charge in [-0.1, -0.05) is 17.7 Å². The Morgan fingerprint density at radius 2 is 1.75 bits per heavy atom. The van der Waals surface area contributed by atoms with E-state index in [1.165, 1.54) is 30.3 Å². The molecule has 8 heteroatoms. The largest absolute Gasteiger partial charge is 0.452 e. The Kier molecular flexibility index (Phi) is 5.46. The van der Waals surface area contributed by atoms with Crippen LogP contribution in [0.15, 0.2) is 48.5 Å². The SMILES string of the molecule is O=C(COC(=O)c1ccc(Cl)cc1)Nc1cccc(C(F)(F)F)c1. The number of nitrogens with one attached hydrogen (secondary N) is 1. The number of rotatable bonds is 4. The van der Waals surface area contributed by atoms with Gasteiger partial charge in [0.2, 0.25) is 0 Å². The maximum atomic E-state index is 12.6. The smallest absolute Gasteiger partial charge is 0.416 e. The van der Waals surface area contributed by atoms with Gasteiger partial charge in [-0.15, -0.1) is 0 Å². The molecule has 0 saturated carbocycles. The van der Waals surface area contributed by atoms with Crippen molar-refractivity contribution in [3.8, 4) is 0 Å². The molecular formula is C16H11ClF3NO3. The van der Waals surface area contributed by atoms with E-state index in [2.05, 4.69) is 5.32 Å². The molecule has 2 aromatic carbocycles. The third-order valence-corrected chi connectivity index (χ3v) is 3.14. The molecular weight excluding hydrogens is 347 g/mol. The average Bonchev–Trinajstić information content (AvgIpc) is 2.53. The van der Waals surface area contributed by atoms with Crippen molar-refractivity contribution < 1.29 is 27.5 Å². The molecule has 24 heavy (non-hydrogen) atoms. The Balaban J connectivity index is 1.92. The molecule has 0 unspecified atom stereocenters. The molecule has 0 atom stereocenters. The van der Waals surface area contributed by atoms with Crippen LogP contribution in [0.1, 0.15) is 15.9 Å². The normalized spacial score (nSPS) is 11.0. The summed E-state index contributed by atoms with van der Waals surface area (Å²) in [4.78, 5) is 23.4. The van der Waals surface area contributed by atoms with Gasteiger partial charge in [0.05, 0.1) is 11.1 Å². The maximum Gasteiger partial charge on any atom is 0.416 e. The number of hydrogen-bond donors (Lipinski definition) is 1. The van der Waals surface area contributed by atoms with E-state index in [4.69, 9.17) is 16.3 Å². The first-order chi connectivity index (χ1) is 11.3. The molecule has 0 aromatic heterocycles. The van der Waals surface area contributed by atoms with Crippen LogP contribution in [-0.2, 0) is 15.7 Å². The van der Waals surface area contributed by atoms with Crippen molar-refractivity contribution in [3.63, 3.8) is 0 Å². The summed E-state index contributed by atoms with van der Waals surface area (Å²) in [6, 6.07) is 9.97. The second kappa shape index (κ2) is 7.35. The van der Waals surface area contributed by atoms with Crippen LogP contribution in [0.25, 0.3) is 0 Å². The van der Waals surface area contributed by atoms with Gasteiger partial charge in [0.15, 0.2) is 6.61 Å². The quantitative estimate of drug-likeness (QED) is 0.836. The summed E-state index contributed by atoms with van der Waals surface area (Å²) < 4.78 is 42.5. The minimum atomic E-state index is -4.51. The molecule has 0 heterocycles. The van der Waals surface area contributed by atoms with E-state index in [0.29, 0.717) is 5.02 Å². The minimum Gasteiger partial charge on any atom is -0.452 e. The second-order valence-electron chi connectivity index (χ2n) is 4.71. The van der Waals surface area contributed by atoms with E-state index >= 15 is 0 Å². The van der Waals surface area contributed by atoms with Gasteiger partial charge in [-0.3, -0.25) is 4.79 Å². The van der Waals surface area contributed by atoms with Gasteiger partial charge in [-0.05, 0) is 42.5 Å². The summed E-state index contributed by atoms with van der Waals surface area (Å²) in [5.41, 5.74) is -0.734. The molecule has 4 nitrogen and oxygen atoms in total. The van der Waals surface area contributed by atoms with Crippen molar-refractivity contribution in [2.45, 2.75) is 6.18 Å². The number of benzene rings is 2. The first-order valence-corrected chi connectivity index (χ1v) is 7.03. The minimum absolute atomic E-state index is 0.0441. The lowest BCUT2D eigenvalue weighted by Gasteiger charge is -2.10. The standard InChI is InChI=1S/C16H11ClF3NO3/c17-12-6-4-10(5-7-12)15(23)24-9-14(22)21-13-3-1-2-11(8-13)16(18,19)20/h1-8H,9H2,(H,21,22). The second-order valence-corrected chi connectivity index (χ2v) is 5.15. The molecule has 126 valence electrons. The average molecular weight is 358 g/mol. The van der Waals surface area contributed by atoms with Gasteiger partial charge < -0.3 is 10.1 Å². The van der Waals surface area contributed by atoms with E-state index < -0.39 is 30.2 Å². The van der Waals surface area contributed by atoms with E-state index in [9.17, 15) is 22.8 Å². The number of carbonyl (C=O) groups is 2. The van der Waals surface area contributed by atoms with Gasteiger partial charge >= 0.3 is 12.1 Å². The number of esters is 1. The van der Waals surface area contributed by atoms with Gasteiger partial charge in [0.1, 0.15) is 0 Å². The lowest BCUT2D eigenvalue weighted by Crippen LogP contribution is -2.21. The van der Waals surface area contributed by atoms with Gasteiger partial charge in [0.25, 0.3) is 5.91 Å². The molecule has 1 amide bonds. The molecule has 0 spiro atoms. The van der Waals surface area contributed by atoms with Crippen molar-refractivity contribution in [2.24, 2.45) is 0 Å². The van der Waals surface area contributed by atoms with Crippen molar-refractivity contribution in [1.82, 2.24) is 0 Å². The summed E-state index contributed by atoms with van der Waals surface area (Å²) >= 11 is 5.68. The van der Waals surface area contributed by atoms with Crippen molar-refractivity contribution >= 4 is 29.2 Å². The molecule has 2 rings (SSSR count). The Morgan fingerprint density at radius 3 is 2.38 bits per heavy atom. The third kappa shape index (κ3) is 4.99. The third-order valence-electron chi connectivity index (χ3n) is 2.89. The topological polar surface area (TPSA) is 55.4 Å². The summed E-state index contributed by atoms with van der Waals surface area (Å²) in [6.07, 6.45) is -4.51. The Labute approximate surface area is 140 Å². The predicted octanol–water partition coefficient (Wildman–Crippen LogP) is 4.15. The van der Waals surface area contributed by atoms with Crippen LogP contribution in [0, 0.1) is 0 Å². The maximum absolute atomic E-state index is 12.6. The van der Waals surface area contributed by atoms with Gasteiger partial charge in [0, 0.05) is 10.7 Å². The lowest BCUT2D eigenvalue weighted by molar-refractivity contribution is -0.137. The fraction of sp³-hybridized carbons (Fsp3) is 0.125. The van der Waals surface area contributed by atoms with Crippen LogP contribution in [0.4, 0.5) is 18.9 Å². The highest BCUT2D eigenvalue weighted by Gasteiger charge is 2.30. The molecule has 0 aliphatic rings. The van der Waals surface area contributed by atoms with Crippen LogP contribution >= 0.6 is 11.6 Å². The lowest BCUT2D eigenvalue weighted by atomic mass is 10.2. The summed E-state index contributed by atoms with van der Waals surface area (Å²) in [7, 11) is 0. The molecule has 0 fully saturated rings. The zero-order valence-corrected chi connectivity index (χ0v) is 12.8. The monoisotopic (exact) mass is 357 g/mol. The summed E-state index contributed by atoms with van der Waals surface area (Å²) in [6.45, 7) is -0.627. The number of anilines is 1. The van der Waals surface area contributed by atoms with Gasteiger partial charge in [-0.2, -0.15) is 13.2 Å². The molecule has 0 saturated heterocycles. The first kappa shape index (κ1) is 17.8. The van der Waals surface area contributed by atoms with Crippen molar-refractivity contribution in [3.05, 3.63) is 64.7 Å². The Morgan fingerprint density at radius 1 is 1.08 bits per heavy atom. The van der Waals surface area contributed by atoms with Crippen LogP contribution in [0.5, 0.6) is 0 Å². The molecule has 1 N–H and O–H groups in total. The highest BCUT2D eigenvalue weighted by molar-refractivity contribution is 6.30. The van der Waals surface area contributed by atoms with Crippen molar-refractivity contribution in [2.75, 3.05) is 11.9 Å². The van der Waals surface area contributed by atoms with E-state index in [1.807, 2.05) is 0 Å². The van der Waals surface area contributed by atoms with Crippen molar-refractivity contribution in [1.29, 1.82) is 0 Å². The number of halogens is 4. The van der Waals surface area contributed by atoms with E-state index in [0.717, 1.165) is 18.2 Å². The van der Waals surface area contributed by atoms with E-state index in [1.54, 1.807) is 0 Å². The Hall–Kier alpha value is -2.54. The number of ether oxygens (including phenoxy) is 1. The zero-order chi connectivity index (χ0) is 17.7. The number of hydrogen-bond acceptors (Lipinski definition) is 3. The number of alkyl halides is 3. The summed E-state index contributed by atoms with van der Waals surface area (Å²) in [5, 5.41) is 2.67. The Bertz CT molecular complexity index is 745. The fourth-order valence-corrected chi connectivity index (χ4v) is 1.90. The van der Waals surface area contributed by atoms with Crippen LogP contribution in [-0.4, -0.2) is 18.5 Å². The van der Waals surface area contributed by atoms with Crippen LogP contribution in [0.2, 0.25) is 5.02 Å². The molecule has 2 aromatic rings. The van der Waals surface area contributed by atoms with Crippen LogP contribution in [0.3, 0.4) is 0 Å². The number of amides is 1. The van der Waals surface area contributed by atoms with Gasteiger partial charge in [-0.25, -0.2) is 4.79 Å². The highest BCUT2D eigenvalue weighted by atomic mass is 35.5.